The summed E-state index contributed by atoms with van der Waals surface area (Å²) >= 11 is 0. The van der Waals surface area contributed by atoms with Gasteiger partial charge >= 0.3 is 0 Å². The maximum absolute atomic E-state index is 5.28. The van der Waals surface area contributed by atoms with Crippen LogP contribution < -0.4 is 9.47 Å². The minimum absolute atomic E-state index is 0.414. The number of allylic oxidation sites excluding steroid dienone is 1. The van der Waals surface area contributed by atoms with Gasteiger partial charge in [0.2, 0.25) is 0 Å². The number of methoxy groups -OCH3 is 2. The Morgan fingerprint density at radius 1 is 0.833 bits per heavy atom. The molecule has 0 aliphatic rings. The van der Waals surface area contributed by atoms with Crippen molar-refractivity contribution in [3.63, 3.8) is 0 Å². The molecule has 0 aliphatic heterocycles. The molecule has 0 radical (unpaired) electrons. The van der Waals surface area contributed by atoms with Crippen LogP contribution in [0.15, 0.2) is 55.1 Å². The molecule has 0 bridgehead atoms. The van der Waals surface area contributed by atoms with Gasteiger partial charge in [0.25, 0.3) is 0 Å². The normalized spacial score (nSPS) is 13.2. The average Bonchev–Trinajstić information content (AvgIpc) is 2.65. The summed E-state index contributed by atoms with van der Waals surface area (Å²) in [5.41, 5.74) is 3.73. The predicted molar refractivity (Wildman–Crippen MR) is 102 cm³/mol. The van der Waals surface area contributed by atoms with Crippen molar-refractivity contribution in [3.05, 3.63) is 66.2 Å². The Balaban J connectivity index is 2.26. The molecule has 0 saturated carbocycles. The minimum atomic E-state index is 0.414. The number of rotatable bonds is 8. The third-order valence-corrected chi connectivity index (χ3v) is 4.82. The van der Waals surface area contributed by atoms with Gasteiger partial charge in [-0.1, -0.05) is 44.7 Å². The highest BCUT2D eigenvalue weighted by molar-refractivity contribution is 5.66. The van der Waals surface area contributed by atoms with Crippen LogP contribution in [-0.4, -0.2) is 14.2 Å². The summed E-state index contributed by atoms with van der Waals surface area (Å²) in [5.74, 6) is 2.64. The Labute approximate surface area is 146 Å². The van der Waals surface area contributed by atoms with E-state index in [-0.39, 0.29) is 0 Å². The monoisotopic (exact) mass is 324 g/mol. The lowest BCUT2D eigenvalue weighted by molar-refractivity contribution is 0.414. The average molecular weight is 324 g/mol. The highest BCUT2D eigenvalue weighted by Gasteiger charge is 2.23. The number of hydrogen-bond donors (Lipinski definition) is 0. The van der Waals surface area contributed by atoms with Crippen molar-refractivity contribution in [2.75, 3.05) is 14.2 Å². The van der Waals surface area contributed by atoms with Gasteiger partial charge in [-0.25, -0.2) is 0 Å². The summed E-state index contributed by atoms with van der Waals surface area (Å²) in [7, 11) is 3.39. The summed E-state index contributed by atoms with van der Waals surface area (Å²) in [5, 5.41) is 0. The summed E-state index contributed by atoms with van der Waals surface area (Å²) in [6.45, 7) is 8.90. The van der Waals surface area contributed by atoms with Crippen molar-refractivity contribution in [2.24, 2.45) is 5.92 Å². The molecule has 0 N–H and O–H groups in total. The molecule has 2 atom stereocenters. The Kier molecular flexibility index (Phi) is 6.48. The van der Waals surface area contributed by atoms with E-state index in [4.69, 9.17) is 9.47 Å². The van der Waals surface area contributed by atoms with Crippen LogP contribution in [0.4, 0.5) is 0 Å². The van der Waals surface area contributed by atoms with Gasteiger partial charge in [-0.05, 0) is 65.6 Å². The first kappa shape index (κ1) is 18.1. The summed E-state index contributed by atoms with van der Waals surface area (Å²) in [6.07, 6.45) is 2.15. The molecule has 2 aromatic rings. The fraction of sp³-hybridized carbons (Fsp3) is 0.364. The van der Waals surface area contributed by atoms with Gasteiger partial charge in [0, 0.05) is 0 Å². The molecular weight excluding hydrogens is 296 g/mol. The summed E-state index contributed by atoms with van der Waals surface area (Å²) in [4.78, 5) is 0. The fourth-order valence-electron chi connectivity index (χ4n) is 3.40. The van der Waals surface area contributed by atoms with Crippen molar-refractivity contribution >= 4 is 5.57 Å². The number of benzene rings is 2. The molecule has 0 heterocycles. The molecule has 0 aliphatic carbocycles. The van der Waals surface area contributed by atoms with Crippen LogP contribution in [0, 0.1) is 5.92 Å². The van der Waals surface area contributed by atoms with Crippen LogP contribution in [0.25, 0.3) is 5.57 Å². The predicted octanol–water partition coefficient (Wildman–Crippen LogP) is 5.94. The van der Waals surface area contributed by atoms with Crippen molar-refractivity contribution in [2.45, 2.75) is 32.6 Å². The van der Waals surface area contributed by atoms with Crippen molar-refractivity contribution in [3.8, 4) is 11.5 Å². The fourth-order valence-corrected chi connectivity index (χ4v) is 3.40. The van der Waals surface area contributed by atoms with Crippen LogP contribution in [0.1, 0.15) is 43.7 Å². The zero-order valence-corrected chi connectivity index (χ0v) is 15.2. The van der Waals surface area contributed by atoms with Crippen molar-refractivity contribution in [1.82, 2.24) is 0 Å². The van der Waals surface area contributed by atoms with E-state index in [1.807, 2.05) is 24.3 Å². The van der Waals surface area contributed by atoms with E-state index >= 15 is 0 Å². The maximum atomic E-state index is 5.28. The van der Waals surface area contributed by atoms with E-state index in [0.29, 0.717) is 11.8 Å². The lowest BCUT2D eigenvalue weighted by Crippen LogP contribution is -2.13. The number of hydrogen-bond acceptors (Lipinski definition) is 2. The van der Waals surface area contributed by atoms with Crippen molar-refractivity contribution < 1.29 is 9.47 Å². The molecule has 0 fully saturated rings. The van der Waals surface area contributed by atoms with Crippen LogP contribution in [0.3, 0.4) is 0 Å². The Bertz CT molecular complexity index is 641. The minimum Gasteiger partial charge on any atom is -0.497 e. The molecule has 128 valence electrons. The van der Waals surface area contributed by atoms with Crippen LogP contribution >= 0.6 is 0 Å². The molecule has 0 amide bonds. The molecule has 0 spiro atoms. The molecule has 24 heavy (non-hydrogen) atoms. The van der Waals surface area contributed by atoms with Crippen LogP contribution in [-0.2, 0) is 0 Å². The molecule has 2 heteroatoms. The summed E-state index contributed by atoms with van der Waals surface area (Å²) < 4.78 is 10.5. The molecule has 2 nitrogen and oxygen atoms in total. The Morgan fingerprint density at radius 3 is 1.75 bits per heavy atom. The standard InChI is InChI=1S/C22H28O2/c1-6-21(16(3)17-8-12-19(23-4)13-9-17)22(7-2)18-10-14-20(24-5)15-11-18/h8-15,21-22H,3,6-7H2,1-2,4-5H3/t21-,22-/m0/s1. The lowest BCUT2D eigenvalue weighted by atomic mass is 9.76. The largest absolute Gasteiger partial charge is 0.497 e. The first-order chi connectivity index (χ1) is 11.6. The van der Waals surface area contributed by atoms with Gasteiger partial charge in [0.1, 0.15) is 11.5 Å². The highest BCUT2D eigenvalue weighted by atomic mass is 16.5. The van der Waals surface area contributed by atoms with Gasteiger partial charge in [-0.2, -0.15) is 0 Å². The molecular formula is C22H28O2. The number of ether oxygens (including phenoxy) is 2. The van der Waals surface area contributed by atoms with E-state index in [2.05, 4.69) is 44.7 Å². The van der Waals surface area contributed by atoms with Gasteiger partial charge < -0.3 is 9.47 Å². The molecule has 2 aromatic carbocycles. The molecule has 0 saturated heterocycles. The first-order valence-electron chi connectivity index (χ1n) is 8.61. The second-order valence-electron chi connectivity index (χ2n) is 6.06. The molecule has 0 unspecified atom stereocenters. The second kappa shape index (κ2) is 8.58. The van der Waals surface area contributed by atoms with Crippen molar-refractivity contribution in [1.29, 1.82) is 0 Å². The molecule has 0 aromatic heterocycles. The Hall–Kier alpha value is -2.22. The van der Waals surface area contributed by atoms with Gasteiger partial charge in [-0.15, -0.1) is 0 Å². The van der Waals surface area contributed by atoms with E-state index in [0.717, 1.165) is 24.3 Å². The van der Waals surface area contributed by atoms with Crippen LogP contribution in [0.5, 0.6) is 11.5 Å². The SMILES string of the molecule is C=C(c1ccc(OC)cc1)[C@H](CC)[C@@H](CC)c1ccc(OC)cc1. The Morgan fingerprint density at radius 2 is 1.33 bits per heavy atom. The van der Waals surface area contributed by atoms with E-state index in [9.17, 15) is 0 Å². The highest BCUT2D eigenvalue weighted by Crippen LogP contribution is 2.39. The molecule has 2 rings (SSSR count). The second-order valence-corrected chi connectivity index (χ2v) is 6.06. The van der Waals surface area contributed by atoms with Crippen LogP contribution in [0.2, 0.25) is 0 Å². The topological polar surface area (TPSA) is 18.5 Å². The zero-order valence-electron chi connectivity index (χ0n) is 15.2. The smallest absolute Gasteiger partial charge is 0.118 e. The zero-order chi connectivity index (χ0) is 17.5. The quantitative estimate of drug-likeness (QED) is 0.598. The van der Waals surface area contributed by atoms with Gasteiger partial charge in [0.05, 0.1) is 14.2 Å². The van der Waals surface area contributed by atoms with E-state index < -0.39 is 0 Å². The van der Waals surface area contributed by atoms with Gasteiger partial charge in [0.15, 0.2) is 0 Å². The first-order valence-corrected chi connectivity index (χ1v) is 8.61. The maximum Gasteiger partial charge on any atom is 0.118 e. The van der Waals surface area contributed by atoms with Gasteiger partial charge in [-0.3, -0.25) is 0 Å². The third-order valence-electron chi connectivity index (χ3n) is 4.82. The third kappa shape index (κ3) is 4.00. The lowest BCUT2D eigenvalue weighted by Gasteiger charge is -2.28. The van der Waals surface area contributed by atoms with E-state index in [1.165, 1.54) is 16.7 Å². The summed E-state index contributed by atoms with van der Waals surface area (Å²) in [6, 6.07) is 16.6. The van der Waals surface area contributed by atoms with E-state index in [1.54, 1.807) is 14.2 Å².